The lowest BCUT2D eigenvalue weighted by molar-refractivity contribution is 0.0725. The molecule has 0 aromatic heterocycles. The Kier molecular flexibility index (Phi) is 12.0. The largest absolute Gasteiger partial charge is 0.423 e. The summed E-state index contributed by atoms with van der Waals surface area (Å²) in [6, 6.07) is 29.3. The molecule has 2 saturated carbocycles. The number of esters is 2. The van der Waals surface area contributed by atoms with E-state index in [1.165, 1.54) is 74.6 Å². The fourth-order valence-corrected chi connectivity index (χ4v) is 6.55. The van der Waals surface area contributed by atoms with Gasteiger partial charge in [0.25, 0.3) is 0 Å². The van der Waals surface area contributed by atoms with Crippen molar-refractivity contribution in [3.8, 4) is 23.6 Å². The van der Waals surface area contributed by atoms with Crippen molar-refractivity contribution in [3.63, 3.8) is 0 Å². The van der Waals surface area contributed by atoms with Gasteiger partial charge in [-0.2, -0.15) is 10.5 Å². The van der Waals surface area contributed by atoms with E-state index in [9.17, 15) is 14.0 Å². The second-order valence-corrected chi connectivity index (χ2v) is 13.3. The molecule has 0 spiro atoms. The molecule has 6 rings (SSSR count). The maximum absolute atomic E-state index is 13.6. The molecule has 0 saturated heterocycles. The number of nitrogens with zero attached hydrogens (tertiary/aromatic N) is 2. The third-order valence-electron chi connectivity index (χ3n) is 9.73. The van der Waals surface area contributed by atoms with Crippen LogP contribution in [0.1, 0.15) is 120 Å². The van der Waals surface area contributed by atoms with Gasteiger partial charge in [-0.3, -0.25) is 0 Å². The van der Waals surface area contributed by atoms with Gasteiger partial charge in [-0.25, -0.2) is 14.0 Å². The third kappa shape index (κ3) is 9.64. The number of nitriles is 2. The van der Waals surface area contributed by atoms with E-state index in [0.717, 1.165) is 17.9 Å². The lowest BCUT2D eigenvalue weighted by Crippen LogP contribution is -2.12. The molecular formula is C42H41FN2O4. The molecular weight excluding hydrogens is 615 g/mol. The first-order valence-corrected chi connectivity index (χ1v) is 17.1. The molecule has 4 aromatic carbocycles. The zero-order chi connectivity index (χ0) is 34.8. The van der Waals surface area contributed by atoms with Gasteiger partial charge in [-0.05, 0) is 121 Å². The van der Waals surface area contributed by atoms with Crippen molar-refractivity contribution in [3.05, 3.63) is 130 Å². The first-order chi connectivity index (χ1) is 23.7. The van der Waals surface area contributed by atoms with Crippen molar-refractivity contribution >= 4 is 11.9 Å². The van der Waals surface area contributed by atoms with Gasteiger partial charge >= 0.3 is 11.9 Å². The van der Waals surface area contributed by atoms with Crippen LogP contribution in [0.15, 0.2) is 91.0 Å². The predicted octanol–water partition coefficient (Wildman–Crippen LogP) is 10.3. The van der Waals surface area contributed by atoms with Crippen LogP contribution in [0.2, 0.25) is 0 Å². The van der Waals surface area contributed by atoms with Crippen molar-refractivity contribution in [2.45, 2.75) is 77.0 Å². The first-order valence-electron chi connectivity index (χ1n) is 17.1. The van der Waals surface area contributed by atoms with Gasteiger partial charge in [0, 0.05) is 6.07 Å². The van der Waals surface area contributed by atoms with Crippen LogP contribution in [0.3, 0.4) is 0 Å². The van der Waals surface area contributed by atoms with Gasteiger partial charge in [0.1, 0.15) is 23.4 Å². The van der Waals surface area contributed by atoms with E-state index < -0.39 is 11.8 Å². The highest BCUT2D eigenvalue weighted by Gasteiger charge is 2.21. The van der Waals surface area contributed by atoms with Crippen LogP contribution in [-0.2, 0) is 0 Å². The monoisotopic (exact) mass is 656 g/mol. The fraction of sp³-hybridized carbons (Fsp3) is 0.333. The van der Waals surface area contributed by atoms with Crippen molar-refractivity contribution < 1.29 is 23.5 Å². The standard InChI is InChI=1S/C21H20FNO2.C21H21NO2/c1-14-2-4-15(5-3-14)16-6-8-17(9-7-16)21(24)25-19-11-10-18(13-23)20(22)12-19;1-15-2-6-17(7-3-15)18-8-10-19(11-9-18)21(23)24-20-12-4-16(14-22)5-13-20/h6-12,14-15H,2-5H2,1H3;4-5,8-13,15,17H,2-3,6-7H2,1H3. The Morgan fingerprint density at radius 1 is 0.592 bits per heavy atom. The Labute approximate surface area is 288 Å². The molecule has 0 aliphatic heterocycles. The number of ether oxygens (including phenoxy) is 2. The van der Waals surface area contributed by atoms with Crippen LogP contribution < -0.4 is 9.47 Å². The third-order valence-corrected chi connectivity index (χ3v) is 9.73. The highest BCUT2D eigenvalue weighted by Crippen LogP contribution is 2.36. The maximum Gasteiger partial charge on any atom is 0.343 e. The normalized spacial score (nSPS) is 20.0. The molecule has 6 nitrogen and oxygen atoms in total. The summed E-state index contributed by atoms with van der Waals surface area (Å²) < 4.78 is 24.1. The number of carbonyl (C=O) groups is 2. The minimum atomic E-state index is -0.699. The first kappa shape index (κ1) is 35.0. The molecule has 7 heteroatoms. The SMILES string of the molecule is CC1CCC(c2ccc(C(=O)Oc3ccc(C#N)c(F)c3)cc2)CC1.CC1CCC(c2ccc(C(=O)Oc3ccc(C#N)cc3)cc2)CC1. The smallest absolute Gasteiger partial charge is 0.343 e. The Hall–Kier alpha value is -5.27. The van der Waals surface area contributed by atoms with Gasteiger partial charge in [0.15, 0.2) is 0 Å². The van der Waals surface area contributed by atoms with Crippen molar-refractivity contribution in [2.24, 2.45) is 11.8 Å². The van der Waals surface area contributed by atoms with Crippen LogP contribution in [0.4, 0.5) is 4.39 Å². The summed E-state index contributed by atoms with van der Waals surface area (Å²) in [5.74, 6) is 1.75. The second-order valence-electron chi connectivity index (χ2n) is 13.3. The summed E-state index contributed by atoms with van der Waals surface area (Å²) in [5, 5.41) is 17.5. The molecule has 0 N–H and O–H groups in total. The number of benzene rings is 4. The average Bonchev–Trinajstić information content (AvgIpc) is 3.13. The summed E-state index contributed by atoms with van der Waals surface area (Å²) >= 11 is 0. The molecule has 0 unspecified atom stereocenters. The second kappa shape index (κ2) is 16.7. The molecule has 2 fully saturated rings. The van der Waals surface area contributed by atoms with E-state index in [4.69, 9.17) is 20.0 Å². The van der Waals surface area contributed by atoms with E-state index in [2.05, 4.69) is 26.0 Å². The van der Waals surface area contributed by atoms with Crippen molar-refractivity contribution in [1.29, 1.82) is 10.5 Å². The number of hydrogen-bond donors (Lipinski definition) is 0. The molecule has 0 amide bonds. The van der Waals surface area contributed by atoms with Gasteiger partial charge in [-0.15, -0.1) is 0 Å². The van der Waals surface area contributed by atoms with Crippen LogP contribution in [0.5, 0.6) is 11.5 Å². The van der Waals surface area contributed by atoms with Crippen LogP contribution in [0.25, 0.3) is 0 Å². The molecule has 250 valence electrons. The van der Waals surface area contributed by atoms with E-state index in [1.807, 2.05) is 30.3 Å². The number of carbonyl (C=O) groups excluding carboxylic acids is 2. The zero-order valence-corrected chi connectivity index (χ0v) is 28.0. The molecule has 0 bridgehead atoms. The number of hydrogen-bond acceptors (Lipinski definition) is 6. The van der Waals surface area contributed by atoms with Crippen molar-refractivity contribution in [1.82, 2.24) is 0 Å². The molecule has 4 aromatic rings. The summed E-state index contributed by atoms with van der Waals surface area (Å²) in [4.78, 5) is 24.4. The Bertz CT molecular complexity index is 1810. The summed E-state index contributed by atoms with van der Waals surface area (Å²) in [6.45, 7) is 4.61. The summed E-state index contributed by atoms with van der Waals surface area (Å²) in [7, 11) is 0. The van der Waals surface area contributed by atoms with Crippen molar-refractivity contribution in [2.75, 3.05) is 0 Å². The van der Waals surface area contributed by atoms with E-state index in [0.29, 0.717) is 34.3 Å². The topological polar surface area (TPSA) is 100 Å². The van der Waals surface area contributed by atoms with Crippen LogP contribution in [-0.4, -0.2) is 11.9 Å². The molecule has 0 radical (unpaired) electrons. The Morgan fingerprint density at radius 2 is 1.02 bits per heavy atom. The molecule has 2 aliphatic rings. The van der Waals surface area contributed by atoms with E-state index >= 15 is 0 Å². The molecule has 2 aliphatic carbocycles. The zero-order valence-electron chi connectivity index (χ0n) is 28.0. The lowest BCUT2D eigenvalue weighted by Gasteiger charge is -2.26. The average molecular weight is 657 g/mol. The minimum Gasteiger partial charge on any atom is -0.423 e. The molecule has 0 atom stereocenters. The van der Waals surface area contributed by atoms with Gasteiger partial charge in [0.2, 0.25) is 0 Å². The summed E-state index contributed by atoms with van der Waals surface area (Å²) in [5.41, 5.74) is 4.02. The number of rotatable bonds is 6. The Balaban J connectivity index is 0.000000191. The fourth-order valence-electron chi connectivity index (χ4n) is 6.55. The summed E-state index contributed by atoms with van der Waals surface area (Å²) in [6.07, 6.45) is 9.91. The highest BCUT2D eigenvalue weighted by molar-refractivity contribution is 5.91. The maximum atomic E-state index is 13.6. The highest BCUT2D eigenvalue weighted by atomic mass is 19.1. The number of halogens is 1. The molecule has 49 heavy (non-hydrogen) atoms. The van der Waals surface area contributed by atoms with Gasteiger partial charge in [-0.1, -0.05) is 63.8 Å². The van der Waals surface area contributed by atoms with Crippen LogP contribution >= 0.6 is 0 Å². The van der Waals surface area contributed by atoms with Gasteiger partial charge in [0.05, 0.1) is 28.3 Å². The van der Waals surface area contributed by atoms with E-state index in [-0.39, 0.29) is 17.3 Å². The lowest BCUT2D eigenvalue weighted by atomic mass is 9.79. The van der Waals surface area contributed by atoms with Crippen LogP contribution in [0, 0.1) is 40.3 Å². The predicted molar refractivity (Wildman–Crippen MR) is 186 cm³/mol. The quantitative estimate of drug-likeness (QED) is 0.151. The Morgan fingerprint density at radius 3 is 1.43 bits per heavy atom. The minimum absolute atomic E-state index is 0.0778. The molecule has 0 heterocycles. The van der Waals surface area contributed by atoms with E-state index in [1.54, 1.807) is 42.5 Å². The van der Waals surface area contributed by atoms with Gasteiger partial charge < -0.3 is 9.47 Å².